The molecular formula is C35H40F2N8O3S. The molecule has 2 unspecified atom stereocenters. The number of nitrogen functional groups attached to an aromatic ring is 1. The highest BCUT2D eigenvalue weighted by Gasteiger charge is 2.43. The lowest BCUT2D eigenvalue weighted by Gasteiger charge is -2.42. The summed E-state index contributed by atoms with van der Waals surface area (Å²) in [5.74, 6) is 0.0736. The number of nitriles is 1. The van der Waals surface area contributed by atoms with E-state index in [1.54, 1.807) is 6.92 Å². The number of β-amino-alcohol motifs (C(OH)–C–C–N with tert-alkyl or cyclic N) is 1. The normalized spacial score (nSPS) is 24.9. The standard InChI is InChI=1S/C35H40F2N8O3S/c1-17-6-7-43(3)11-19(17)14-48-35-41-31-28(34(42-35)45-20-4-5-21(45)13-44(12-20)10-18(2)46)24-16-47-15-23(24)26(29(31)37)30-27-22(8-38)33(39)49-32(27)25(36)9-40-30/h9,17-21,46H,4-7,10-16,39H2,1-3H3/t17-,18+,19+,20?,21?/m0/s1. The first-order chi connectivity index (χ1) is 23.6. The zero-order valence-corrected chi connectivity index (χ0v) is 28.7. The number of aromatic nitrogens is 3. The molecular weight excluding hydrogens is 651 g/mol. The lowest BCUT2D eigenvalue weighted by Crippen LogP contribution is -2.55. The number of fused-ring (bicyclic) bond motifs is 6. The molecule has 14 heteroatoms. The molecule has 0 spiro atoms. The average Bonchev–Trinajstić information content (AvgIpc) is 3.76. The second kappa shape index (κ2) is 12.5. The van der Waals surface area contributed by atoms with Crippen LogP contribution in [0.5, 0.6) is 6.01 Å². The molecule has 0 aliphatic carbocycles. The molecule has 11 nitrogen and oxygen atoms in total. The number of piperidine rings is 1. The number of benzene rings is 1. The summed E-state index contributed by atoms with van der Waals surface area (Å²) in [4.78, 5) is 21.1. The molecule has 4 aromatic rings. The van der Waals surface area contributed by atoms with Gasteiger partial charge in [0.2, 0.25) is 0 Å². The number of thiophene rings is 1. The van der Waals surface area contributed by atoms with E-state index in [9.17, 15) is 10.4 Å². The van der Waals surface area contributed by atoms with E-state index in [-0.39, 0.29) is 74.7 Å². The summed E-state index contributed by atoms with van der Waals surface area (Å²) in [5, 5.41) is 21.0. The Balaban J connectivity index is 1.32. The predicted molar refractivity (Wildman–Crippen MR) is 183 cm³/mol. The summed E-state index contributed by atoms with van der Waals surface area (Å²) in [5.41, 5.74) is 7.89. The van der Waals surface area contributed by atoms with Crippen LogP contribution < -0.4 is 15.4 Å². The van der Waals surface area contributed by atoms with Gasteiger partial charge >= 0.3 is 6.01 Å². The number of hydrogen-bond acceptors (Lipinski definition) is 12. The molecule has 5 atom stereocenters. The first-order valence-corrected chi connectivity index (χ1v) is 17.8. The molecule has 3 saturated heterocycles. The van der Waals surface area contributed by atoms with Crippen molar-refractivity contribution in [1.82, 2.24) is 24.8 Å². The van der Waals surface area contributed by atoms with Crippen LogP contribution in [0, 0.1) is 34.8 Å². The monoisotopic (exact) mass is 690 g/mol. The van der Waals surface area contributed by atoms with Crippen molar-refractivity contribution in [1.29, 1.82) is 5.26 Å². The third-order valence-electron chi connectivity index (χ3n) is 10.9. The van der Waals surface area contributed by atoms with Gasteiger partial charge in [0.05, 0.1) is 53.5 Å². The SMILES string of the molecule is C[C@@H](O)CN1CC2CCC(C1)N2c1nc(OC[C@H]2CN(C)CC[C@@H]2C)nc2c(F)c(-c3ncc(F)c4sc(N)c(C#N)c34)c3c(c12)COC3. The van der Waals surface area contributed by atoms with Crippen LogP contribution in [-0.2, 0) is 18.0 Å². The van der Waals surface area contributed by atoms with Gasteiger partial charge in [0, 0.05) is 55.1 Å². The maximum Gasteiger partial charge on any atom is 0.319 e. The van der Waals surface area contributed by atoms with Gasteiger partial charge in [-0.15, -0.1) is 11.3 Å². The summed E-state index contributed by atoms with van der Waals surface area (Å²) in [6.07, 6.45) is 3.57. The first-order valence-electron chi connectivity index (χ1n) is 17.0. The van der Waals surface area contributed by atoms with Gasteiger partial charge in [0.1, 0.15) is 22.4 Å². The molecule has 7 heterocycles. The van der Waals surface area contributed by atoms with Crippen molar-refractivity contribution in [3.05, 3.63) is 34.5 Å². The Hall–Kier alpha value is -3.74. The number of anilines is 2. The highest BCUT2D eigenvalue weighted by Crippen LogP contribution is 2.48. The van der Waals surface area contributed by atoms with Crippen LogP contribution in [0.3, 0.4) is 0 Å². The van der Waals surface area contributed by atoms with E-state index in [2.05, 4.69) is 39.7 Å². The lowest BCUT2D eigenvalue weighted by atomic mass is 9.88. The molecule has 258 valence electrons. The van der Waals surface area contributed by atoms with E-state index in [0.29, 0.717) is 35.8 Å². The van der Waals surface area contributed by atoms with Crippen LogP contribution in [0.1, 0.15) is 49.8 Å². The van der Waals surface area contributed by atoms with Crippen LogP contribution >= 0.6 is 11.3 Å². The van der Waals surface area contributed by atoms with E-state index in [1.807, 2.05) is 0 Å². The van der Waals surface area contributed by atoms with Crippen LogP contribution in [-0.4, -0.2) is 94.4 Å². The summed E-state index contributed by atoms with van der Waals surface area (Å²) in [7, 11) is 2.11. The largest absolute Gasteiger partial charge is 0.463 e. The third-order valence-corrected chi connectivity index (χ3v) is 11.9. The Morgan fingerprint density at radius 2 is 1.90 bits per heavy atom. The van der Waals surface area contributed by atoms with Gasteiger partial charge in [0.25, 0.3) is 0 Å². The van der Waals surface area contributed by atoms with Gasteiger partial charge in [0.15, 0.2) is 11.6 Å². The molecule has 0 amide bonds. The van der Waals surface area contributed by atoms with Crippen molar-refractivity contribution in [3.63, 3.8) is 0 Å². The molecule has 2 bridgehead atoms. The Morgan fingerprint density at radius 3 is 2.63 bits per heavy atom. The number of likely N-dealkylation sites (tertiary alicyclic amines) is 2. The number of nitrogens with zero attached hydrogens (tertiary/aromatic N) is 7. The van der Waals surface area contributed by atoms with Gasteiger partial charge in [-0.25, -0.2) is 8.78 Å². The number of hydrogen-bond donors (Lipinski definition) is 2. The summed E-state index contributed by atoms with van der Waals surface area (Å²) in [6, 6.07) is 2.41. The molecule has 49 heavy (non-hydrogen) atoms. The smallest absolute Gasteiger partial charge is 0.319 e. The second-order valence-corrected chi connectivity index (χ2v) is 15.3. The molecule has 4 aliphatic heterocycles. The zero-order chi connectivity index (χ0) is 34.1. The Kier molecular flexibility index (Phi) is 8.31. The molecule has 0 radical (unpaired) electrons. The minimum atomic E-state index is -0.646. The minimum absolute atomic E-state index is 0.0692. The van der Waals surface area contributed by atoms with Crippen LogP contribution in [0.15, 0.2) is 6.20 Å². The average molecular weight is 691 g/mol. The number of aliphatic hydroxyl groups excluding tert-OH is 1. The molecule has 3 aromatic heterocycles. The van der Waals surface area contributed by atoms with Gasteiger partial charge in [-0.2, -0.15) is 15.2 Å². The lowest BCUT2D eigenvalue weighted by molar-refractivity contribution is 0.101. The molecule has 3 N–H and O–H groups in total. The van der Waals surface area contributed by atoms with Crippen molar-refractivity contribution in [3.8, 4) is 23.3 Å². The number of aliphatic hydroxyl groups is 1. The summed E-state index contributed by atoms with van der Waals surface area (Å²) in [6.45, 7) is 8.77. The number of pyridine rings is 1. The fraction of sp³-hybridized carbons (Fsp3) is 0.543. The fourth-order valence-corrected chi connectivity index (χ4v) is 9.39. The van der Waals surface area contributed by atoms with Gasteiger partial charge in [-0.05, 0) is 56.8 Å². The Labute approximate surface area is 287 Å². The van der Waals surface area contributed by atoms with E-state index >= 15 is 8.78 Å². The van der Waals surface area contributed by atoms with Gasteiger partial charge in [-0.1, -0.05) is 6.92 Å². The summed E-state index contributed by atoms with van der Waals surface area (Å²) >= 11 is 0.948. The molecule has 8 rings (SSSR count). The molecule has 4 aliphatic rings. The number of ether oxygens (including phenoxy) is 2. The maximum atomic E-state index is 17.4. The quantitative estimate of drug-likeness (QED) is 0.280. The number of nitrogens with two attached hydrogens (primary N) is 1. The highest BCUT2D eigenvalue weighted by molar-refractivity contribution is 7.23. The summed E-state index contributed by atoms with van der Waals surface area (Å²) < 4.78 is 45.0. The highest BCUT2D eigenvalue weighted by atomic mass is 32.1. The Morgan fingerprint density at radius 1 is 1.14 bits per heavy atom. The molecule has 3 fully saturated rings. The molecule has 0 saturated carbocycles. The maximum absolute atomic E-state index is 17.4. The van der Waals surface area contributed by atoms with Gasteiger partial charge < -0.3 is 30.1 Å². The number of halogens is 2. The molecule has 1 aromatic carbocycles. The zero-order valence-electron chi connectivity index (χ0n) is 27.9. The fourth-order valence-electron chi connectivity index (χ4n) is 8.47. The second-order valence-electron chi connectivity index (χ2n) is 14.3. The Bertz CT molecular complexity index is 1990. The van der Waals surface area contributed by atoms with Crippen molar-refractivity contribution in [2.24, 2.45) is 11.8 Å². The van der Waals surface area contributed by atoms with Crippen LogP contribution in [0.4, 0.5) is 19.6 Å². The van der Waals surface area contributed by atoms with E-state index < -0.39 is 17.7 Å². The predicted octanol–water partition coefficient (Wildman–Crippen LogP) is 4.67. The number of piperazine rings is 1. The van der Waals surface area contributed by atoms with E-state index in [1.165, 1.54) is 0 Å². The van der Waals surface area contributed by atoms with Crippen molar-refractivity contribution in [2.45, 2.75) is 64.5 Å². The van der Waals surface area contributed by atoms with E-state index in [4.69, 9.17) is 25.2 Å². The van der Waals surface area contributed by atoms with Crippen LogP contribution in [0.2, 0.25) is 0 Å². The van der Waals surface area contributed by atoms with Crippen LogP contribution in [0.25, 0.3) is 32.2 Å². The van der Waals surface area contributed by atoms with Crippen molar-refractivity contribution >= 4 is 43.1 Å². The first kappa shape index (κ1) is 32.5. The third kappa shape index (κ3) is 5.47. The topological polar surface area (TPSA) is 137 Å². The van der Waals surface area contributed by atoms with Crippen molar-refractivity contribution < 1.29 is 23.4 Å². The minimum Gasteiger partial charge on any atom is -0.463 e. The van der Waals surface area contributed by atoms with Crippen molar-refractivity contribution in [2.75, 3.05) is 57.0 Å². The number of rotatable bonds is 7. The van der Waals surface area contributed by atoms with Gasteiger partial charge in [-0.3, -0.25) is 9.88 Å². The van der Waals surface area contributed by atoms with E-state index in [0.717, 1.165) is 68.5 Å².